The summed E-state index contributed by atoms with van der Waals surface area (Å²) in [7, 11) is 0. The van der Waals surface area contributed by atoms with Crippen LogP contribution < -0.4 is 16.6 Å². The molecular formula is C21H28FN3O3. The maximum absolute atomic E-state index is 15.0. The first-order chi connectivity index (χ1) is 13.6. The number of fused-ring (bicyclic) bond motifs is 1. The predicted molar refractivity (Wildman–Crippen MR) is 108 cm³/mol. The molecule has 1 aromatic heterocycles. The molecule has 0 aliphatic heterocycles. The molecule has 2 aliphatic rings. The zero-order valence-electron chi connectivity index (χ0n) is 16.1. The van der Waals surface area contributed by atoms with E-state index in [1.54, 1.807) is 10.6 Å². The van der Waals surface area contributed by atoms with Crippen LogP contribution in [0.2, 0.25) is 0 Å². The molecule has 0 amide bonds. The highest BCUT2D eigenvalue weighted by atomic mass is 19.1. The Hall–Kier alpha value is -2.15. The van der Waals surface area contributed by atoms with Gasteiger partial charge in [0.2, 0.25) is 0 Å². The van der Waals surface area contributed by atoms with Crippen LogP contribution in [0.3, 0.4) is 0 Å². The summed E-state index contributed by atoms with van der Waals surface area (Å²) in [5.41, 5.74) is -0.116. The van der Waals surface area contributed by atoms with Gasteiger partial charge in [0.25, 0.3) is 5.56 Å². The molecular weight excluding hydrogens is 361 g/mol. The Bertz CT molecular complexity index is 969. The second-order valence-corrected chi connectivity index (χ2v) is 8.10. The minimum absolute atomic E-state index is 0.0372. The Morgan fingerprint density at radius 1 is 1.04 bits per heavy atom. The summed E-state index contributed by atoms with van der Waals surface area (Å²) in [5, 5.41) is 12.6. The average Bonchev–Trinajstić information content (AvgIpc) is 3.20. The van der Waals surface area contributed by atoms with Crippen molar-refractivity contribution < 1.29 is 9.50 Å². The Morgan fingerprint density at radius 3 is 2.39 bits per heavy atom. The number of hydrogen-bond acceptors (Lipinski definition) is 4. The molecule has 0 atom stereocenters. The summed E-state index contributed by atoms with van der Waals surface area (Å²) < 4.78 is 17.6. The van der Waals surface area contributed by atoms with Crippen LogP contribution in [0.1, 0.15) is 63.8 Å². The Labute approximate surface area is 163 Å². The van der Waals surface area contributed by atoms with Crippen molar-refractivity contribution in [1.29, 1.82) is 0 Å². The van der Waals surface area contributed by atoms with Gasteiger partial charge in [0.15, 0.2) is 0 Å². The van der Waals surface area contributed by atoms with Gasteiger partial charge >= 0.3 is 5.69 Å². The van der Waals surface area contributed by atoms with Crippen LogP contribution in [0.5, 0.6) is 0 Å². The van der Waals surface area contributed by atoms with Gasteiger partial charge in [-0.3, -0.25) is 13.9 Å². The van der Waals surface area contributed by atoms with Crippen molar-refractivity contribution in [3.8, 4) is 0 Å². The van der Waals surface area contributed by atoms with Crippen molar-refractivity contribution >= 4 is 16.6 Å². The zero-order valence-corrected chi connectivity index (χ0v) is 16.1. The molecule has 2 aromatic rings. The van der Waals surface area contributed by atoms with Gasteiger partial charge < -0.3 is 10.4 Å². The molecule has 0 bridgehead atoms. The van der Waals surface area contributed by atoms with Crippen LogP contribution in [-0.4, -0.2) is 26.9 Å². The lowest BCUT2D eigenvalue weighted by atomic mass is 9.95. The largest absolute Gasteiger partial charge is 0.395 e. The summed E-state index contributed by atoms with van der Waals surface area (Å²) in [6, 6.07) is 3.39. The maximum Gasteiger partial charge on any atom is 0.331 e. The molecule has 152 valence electrons. The molecule has 7 heteroatoms. The molecule has 0 spiro atoms. The molecule has 28 heavy (non-hydrogen) atoms. The number of nitrogens with zero attached hydrogens (tertiary/aromatic N) is 2. The number of aliphatic hydroxyl groups is 1. The second kappa shape index (κ2) is 8.07. The van der Waals surface area contributed by atoms with Crippen molar-refractivity contribution in [2.45, 2.75) is 76.4 Å². The Balaban J connectivity index is 1.88. The van der Waals surface area contributed by atoms with Crippen LogP contribution in [0.25, 0.3) is 10.9 Å². The van der Waals surface area contributed by atoms with Gasteiger partial charge in [-0.2, -0.15) is 0 Å². The molecule has 2 N–H and O–H groups in total. The van der Waals surface area contributed by atoms with E-state index in [9.17, 15) is 14.7 Å². The van der Waals surface area contributed by atoms with Crippen molar-refractivity contribution in [3.63, 3.8) is 0 Å². The fourth-order valence-electron chi connectivity index (χ4n) is 4.83. The highest BCUT2D eigenvalue weighted by Crippen LogP contribution is 2.32. The number of aliphatic hydroxyl groups excluding tert-OH is 1. The van der Waals surface area contributed by atoms with Gasteiger partial charge in [0.1, 0.15) is 5.82 Å². The van der Waals surface area contributed by atoms with Crippen LogP contribution in [0.15, 0.2) is 21.7 Å². The molecule has 4 rings (SSSR count). The summed E-state index contributed by atoms with van der Waals surface area (Å²) in [4.78, 5) is 25.9. The number of halogens is 1. The molecule has 1 aromatic carbocycles. The predicted octanol–water partition coefficient (Wildman–Crippen LogP) is 3.15. The van der Waals surface area contributed by atoms with E-state index in [0.29, 0.717) is 17.2 Å². The van der Waals surface area contributed by atoms with Crippen LogP contribution >= 0.6 is 0 Å². The monoisotopic (exact) mass is 389 g/mol. The molecule has 2 aliphatic carbocycles. The van der Waals surface area contributed by atoms with Gasteiger partial charge in [-0.15, -0.1) is 0 Å². The summed E-state index contributed by atoms with van der Waals surface area (Å²) in [6.45, 7) is -0.462. The number of nitrogens with one attached hydrogen (secondary N) is 1. The molecule has 0 unspecified atom stereocenters. The van der Waals surface area contributed by atoms with Gasteiger partial charge in [0.05, 0.1) is 24.1 Å². The SMILES string of the molecule is O=c1c2c(F)cc(NC3CCCCC3)cc2n(C2CCCC2)c(=O)n1CCO. The van der Waals surface area contributed by atoms with E-state index < -0.39 is 17.1 Å². The minimum Gasteiger partial charge on any atom is -0.395 e. The second-order valence-electron chi connectivity index (χ2n) is 8.10. The molecule has 1 heterocycles. The molecule has 0 radical (unpaired) electrons. The lowest BCUT2D eigenvalue weighted by Crippen LogP contribution is -2.42. The highest BCUT2D eigenvalue weighted by Gasteiger charge is 2.25. The number of benzene rings is 1. The zero-order chi connectivity index (χ0) is 19.7. The lowest BCUT2D eigenvalue weighted by Gasteiger charge is -2.25. The highest BCUT2D eigenvalue weighted by molar-refractivity contribution is 5.83. The number of rotatable bonds is 5. The van der Waals surface area contributed by atoms with E-state index in [-0.39, 0.29) is 24.6 Å². The fraction of sp³-hybridized carbons (Fsp3) is 0.619. The lowest BCUT2D eigenvalue weighted by molar-refractivity contribution is 0.269. The van der Waals surface area contributed by atoms with Crippen LogP contribution in [-0.2, 0) is 6.54 Å². The third kappa shape index (κ3) is 3.48. The average molecular weight is 389 g/mol. The third-order valence-corrected chi connectivity index (χ3v) is 6.21. The number of hydrogen-bond donors (Lipinski definition) is 2. The van der Waals surface area contributed by atoms with Gasteiger partial charge in [0, 0.05) is 17.8 Å². The van der Waals surface area contributed by atoms with Crippen molar-refractivity contribution in [3.05, 3.63) is 38.8 Å². The van der Waals surface area contributed by atoms with E-state index in [0.717, 1.165) is 55.9 Å². The Kier molecular flexibility index (Phi) is 5.53. The fourth-order valence-corrected chi connectivity index (χ4v) is 4.83. The van der Waals surface area contributed by atoms with Gasteiger partial charge in [-0.1, -0.05) is 32.1 Å². The molecule has 6 nitrogen and oxygen atoms in total. The smallest absolute Gasteiger partial charge is 0.331 e. The van der Waals surface area contributed by atoms with E-state index in [1.165, 1.54) is 12.5 Å². The Morgan fingerprint density at radius 2 is 1.71 bits per heavy atom. The quantitative estimate of drug-likeness (QED) is 0.824. The molecule has 0 saturated heterocycles. The van der Waals surface area contributed by atoms with Gasteiger partial charge in [-0.25, -0.2) is 9.18 Å². The molecule has 2 fully saturated rings. The molecule has 2 saturated carbocycles. The third-order valence-electron chi connectivity index (χ3n) is 6.21. The van der Waals surface area contributed by atoms with Crippen molar-refractivity contribution in [2.24, 2.45) is 0 Å². The summed E-state index contributed by atoms with van der Waals surface area (Å²) in [6.07, 6.45) is 9.36. The maximum atomic E-state index is 15.0. The van der Waals surface area contributed by atoms with E-state index in [4.69, 9.17) is 0 Å². The first kappa shape index (κ1) is 19.2. The number of anilines is 1. The van der Waals surface area contributed by atoms with Crippen LogP contribution in [0.4, 0.5) is 10.1 Å². The first-order valence-electron chi connectivity index (χ1n) is 10.5. The minimum atomic E-state index is -0.662. The van der Waals surface area contributed by atoms with E-state index in [2.05, 4.69) is 5.32 Å². The number of aromatic nitrogens is 2. The first-order valence-corrected chi connectivity index (χ1v) is 10.5. The topological polar surface area (TPSA) is 76.3 Å². The van der Waals surface area contributed by atoms with E-state index >= 15 is 4.39 Å². The normalized spacial score (nSPS) is 18.8. The van der Waals surface area contributed by atoms with Crippen molar-refractivity contribution in [1.82, 2.24) is 9.13 Å². The van der Waals surface area contributed by atoms with E-state index in [1.807, 2.05) is 0 Å². The van der Waals surface area contributed by atoms with Crippen molar-refractivity contribution in [2.75, 3.05) is 11.9 Å². The van der Waals surface area contributed by atoms with Gasteiger partial charge in [-0.05, 0) is 37.8 Å². The van der Waals surface area contributed by atoms with Crippen LogP contribution in [0, 0.1) is 5.82 Å². The summed E-state index contributed by atoms with van der Waals surface area (Å²) in [5.74, 6) is -0.612. The summed E-state index contributed by atoms with van der Waals surface area (Å²) >= 11 is 0. The standard InChI is InChI=1S/C21H28FN3O3/c22-17-12-15(23-14-6-2-1-3-7-14)13-18-19(17)20(27)24(10-11-26)21(28)25(18)16-8-4-5-9-16/h12-14,16,23,26H,1-11H2.